The van der Waals surface area contributed by atoms with Crippen LogP contribution in [0.15, 0.2) is 0 Å². The first-order valence-electron chi connectivity index (χ1n) is 3.23. The second-order valence-corrected chi connectivity index (χ2v) is 3.06. The SMILES string of the molecule is Cc1c(O)c(Cl)nc(Cl)c1C(=O)O. The molecule has 0 atom stereocenters. The predicted molar refractivity (Wildman–Crippen MR) is 47.6 cm³/mol. The van der Waals surface area contributed by atoms with Crippen LogP contribution < -0.4 is 0 Å². The lowest BCUT2D eigenvalue weighted by molar-refractivity contribution is 0.0695. The molecule has 1 aromatic heterocycles. The van der Waals surface area contributed by atoms with Crippen LogP contribution in [0.2, 0.25) is 10.3 Å². The summed E-state index contributed by atoms with van der Waals surface area (Å²) in [6, 6.07) is 0. The molecule has 1 aromatic rings. The zero-order valence-electron chi connectivity index (χ0n) is 6.51. The number of hydrogen-bond acceptors (Lipinski definition) is 3. The van der Waals surface area contributed by atoms with Gasteiger partial charge in [0.1, 0.15) is 10.7 Å². The van der Waals surface area contributed by atoms with E-state index in [1.54, 1.807) is 0 Å². The number of carboxylic acids is 1. The first kappa shape index (κ1) is 10.1. The summed E-state index contributed by atoms with van der Waals surface area (Å²) < 4.78 is 0. The largest absolute Gasteiger partial charge is 0.504 e. The molecule has 0 unspecified atom stereocenters. The lowest BCUT2D eigenvalue weighted by Gasteiger charge is -2.05. The molecule has 0 saturated heterocycles. The number of halogens is 2. The van der Waals surface area contributed by atoms with Crippen LogP contribution in [0.3, 0.4) is 0 Å². The van der Waals surface area contributed by atoms with Crippen molar-refractivity contribution in [1.82, 2.24) is 4.98 Å². The van der Waals surface area contributed by atoms with Gasteiger partial charge in [0.25, 0.3) is 0 Å². The predicted octanol–water partition coefficient (Wildman–Crippen LogP) is 2.10. The molecule has 4 nitrogen and oxygen atoms in total. The van der Waals surface area contributed by atoms with E-state index in [2.05, 4.69) is 4.98 Å². The topological polar surface area (TPSA) is 70.4 Å². The first-order valence-corrected chi connectivity index (χ1v) is 3.98. The van der Waals surface area contributed by atoms with Crippen molar-refractivity contribution in [3.63, 3.8) is 0 Å². The quantitative estimate of drug-likeness (QED) is 0.713. The smallest absolute Gasteiger partial charge is 0.339 e. The molecule has 0 bridgehead atoms. The minimum absolute atomic E-state index is 0.109. The Kier molecular flexibility index (Phi) is 2.63. The maximum atomic E-state index is 10.6. The fourth-order valence-electron chi connectivity index (χ4n) is 0.872. The number of pyridine rings is 1. The van der Waals surface area contributed by atoms with Crippen LogP contribution in [0.25, 0.3) is 0 Å². The number of hydrogen-bond donors (Lipinski definition) is 2. The first-order chi connectivity index (χ1) is 5.95. The summed E-state index contributed by atoms with van der Waals surface area (Å²) in [5.41, 5.74) is -0.124. The average Bonchev–Trinajstić information content (AvgIpc) is 1.99. The lowest BCUT2D eigenvalue weighted by Crippen LogP contribution is -2.03. The van der Waals surface area contributed by atoms with Gasteiger partial charge in [-0.05, 0) is 6.92 Å². The lowest BCUT2D eigenvalue weighted by atomic mass is 10.1. The van der Waals surface area contributed by atoms with Crippen LogP contribution in [-0.2, 0) is 0 Å². The number of carboxylic acid groups (broad SMARTS) is 1. The van der Waals surface area contributed by atoms with Crippen LogP contribution in [0.5, 0.6) is 5.75 Å². The van der Waals surface area contributed by atoms with Crippen molar-refractivity contribution >= 4 is 29.2 Å². The van der Waals surface area contributed by atoms with Gasteiger partial charge in [-0.2, -0.15) is 0 Å². The Morgan fingerprint density at radius 3 is 2.38 bits per heavy atom. The minimum Gasteiger partial charge on any atom is -0.504 e. The Morgan fingerprint density at radius 1 is 1.38 bits per heavy atom. The highest BCUT2D eigenvalue weighted by molar-refractivity contribution is 6.35. The number of rotatable bonds is 1. The summed E-state index contributed by atoms with van der Waals surface area (Å²) in [6.45, 7) is 1.40. The van der Waals surface area contributed by atoms with Gasteiger partial charge >= 0.3 is 5.97 Å². The molecule has 6 heteroatoms. The maximum absolute atomic E-state index is 10.6. The Balaban J connectivity index is 3.53. The van der Waals surface area contributed by atoms with Crippen LogP contribution in [0.4, 0.5) is 0 Å². The van der Waals surface area contributed by atoms with E-state index in [9.17, 15) is 9.90 Å². The molecular weight excluding hydrogens is 217 g/mol. The zero-order chi connectivity index (χ0) is 10.2. The van der Waals surface area contributed by atoms with Gasteiger partial charge in [0, 0.05) is 5.56 Å². The molecule has 0 saturated carbocycles. The van der Waals surface area contributed by atoms with E-state index in [-0.39, 0.29) is 27.2 Å². The fraction of sp³-hybridized carbons (Fsp3) is 0.143. The molecule has 0 aliphatic carbocycles. The normalized spacial score (nSPS) is 10.1. The van der Waals surface area contributed by atoms with Crippen LogP contribution in [0, 0.1) is 6.92 Å². The standard InChI is InChI=1S/C7H5Cl2NO3/c1-2-3(7(12)13)5(8)10-6(9)4(2)11/h11H,1H3,(H,12,13). The van der Waals surface area contributed by atoms with E-state index in [1.165, 1.54) is 6.92 Å². The third-order valence-corrected chi connectivity index (χ3v) is 2.08. The summed E-state index contributed by atoms with van der Waals surface area (Å²) in [7, 11) is 0. The van der Waals surface area contributed by atoms with Gasteiger partial charge in [-0.3, -0.25) is 0 Å². The van der Waals surface area contributed by atoms with Gasteiger partial charge in [0.15, 0.2) is 10.9 Å². The Labute approximate surface area is 83.7 Å². The number of nitrogens with zero attached hydrogens (tertiary/aromatic N) is 1. The summed E-state index contributed by atoms with van der Waals surface area (Å²) in [6.07, 6.45) is 0. The average molecular weight is 222 g/mol. The van der Waals surface area contributed by atoms with Gasteiger partial charge < -0.3 is 10.2 Å². The number of aromatic hydroxyl groups is 1. The van der Waals surface area contributed by atoms with E-state index < -0.39 is 5.97 Å². The van der Waals surface area contributed by atoms with Crippen molar-refractivity contribution in [1.29, 1.82) is 0 Å². The Bertz CT molecular complexity index is 378. The molecule has 0 spiro atoms. The third-order valence-electron chi connectivity index (χ3n) is 1.54. The summed E-state index contributed by atoms with van der Waals surface area (Å²) in [5, 5.41) is 17.5. The zero-order valence-corrected chi connectivity index (χ0v) is 8.02. The molecule has 0 fully saturated rings. The molecule has 1 rings (SSSR count). The molecule has 70 valence electrons. The van der Waals surface area contributed by atoms with Gasteiger partial charge in [0.05, 0.1) is 0 Å². The van der Waals surface area contributed by atoms with E-state index in [1.807, 2.05) is 0 Å². The molecule has 2 N–H and O–H groups in total. The highest BCUT2D eigenvalue weighted by Crippen LogP contribution is 2.31. The van der Waals surface area contributed by atoms with Gasteiger partial charge in [0.2, 0.25) is 0 Å². The van der Waals surface area contributed by atoms with E-state index >= 15 is 0 Å². The molecule has 0 amide bonds. The van der Waals surface area contributed by atoms with Gasteiger partial charge in [-0.1, -0.05) is 23.2 Å². The molecule has 0 aliphatic rings. The van der Waals surface area contributed by atoms with Crippen LogP contribution >= 0.6 is 23.2 Å². The van der Waals surface area contributed by atoms with Crippen molar-refractivity contribution in [2.75, 3.05) is 0 Å². The molecule has 0 aromatic carbocycles. The summed E-state index contributed by atoms with van der Waals surface area (Å²) >= 11 is 11.0. The molecule has 1 heterocycles. The highest BCUT2D eigenvalue weighted by Gasteiger charge is 2.19. The number of aromatic carboxylic acids is 1. The Morgan fingerprint density at radius 2 is 1.92 bits per heavy atom. The second-order valence-electron chi connectivity index (χ2n) is 2.35. The second kappa shape index (κ2) is 3.40. The van der Waals surface area contributed by atoms with Crippen molar-refractivity contribution < 1.29 is 15.0 Å². The fourth-order valence-corrected chi connectivity index (χ4v) is 1.45. The highest BCUT2D eigenvalue weighted by atomic mass is 35.5. The molecule has 0 aliphatic heterocycles. The van der Waals surface area contributed by atoms with Crippen molar-refractivity contribution in [3.8, 4) is 5.75 Å². The molecular formula is C7H5Cl2NO3. The Hall–Kier alpha value is -1.00. The van der Waals surface area contributed by atoms with Crippen LogP contribution in [-0.4, -0.2) is 21.2 Å². The van der Waals surface area contributed by atoms with E-state index in [0.29, 0.717) is 0 Å². The number of carbonyl (C=O) groups is 1. The van der Waals surface area contributed by atoms with E-state index in [0.717, 1.165) is 0 Å². The van der Waals surface area contributed by atoms with E-state index in [4.69, 9.17) is 28.3 Å². The maximum Gasteiger partial charge on any atom is 0.339 e. The van der Waals surface area contributed by atoms with Crippen molar-refractivity contribution in [2.45, 2.75) is 6.92 Å². The summed E-state index contributed by atoms with van der Waals surface area (Å²) in [5.74, 6) is -1.61. The molecule has 0 radical (unpaired) electrons. The van der Waals surface area contributed by atoms with Gasteiger partial charge in [-0.25, -0.2) is 9.78 Å². The van der Waals surface area contributed by atoms with Gasteiger partial charge in [-0.15, -0.1) is 0 Å². The molecule has 13 heavy (non-hydrogen) atoms. The number of aromatic nitrogens is 1. The monoisotopic (exact) mass is 221 g/mol. The van der Waals surface area contributed by atoms with Crippen molar-refractivity contribution in [2.24, 2.45) is 0 Å². The van der Waals surface area contributed by atoms with Crippen LogP contribution in [0.1, 0.15) is 15.9 Å². The minimum atomic E-state index is -1.25. The summed E-state index contributed by atoms with van der Waals surface area (Å²) in [4.78, 5) is 14.1. The van der Waals surface area contributed by atoms with Crippen molar-refractivity contribution in [3.05, 3.63) is 21.4 Å². The third kappa shape index (κ3) is 1.68.